The van der Waals surface area contributed by atoms with Crippen molar-refractivity contribution in [1.82, 2.24) is 14.1 Å². The molecule has 0 spiro atoms. The number of rotatable bonds is 4. The number of nitrogens with zero attached hydrogens (tertiary/aromatic N) is 4. The summed E-state index contributed by atoms with van der Waals surface area (Å²) in [7, 11) is 2.09. The lowest BCUT2D eigenvalue weighted by Gasteiger charge is -2.21. The van der Waals surface area contributed by atoms with Crippen LogP contribution >= 0.6 is 0 Å². The number of para-hydroxylation sites is 3. The third-order valence-electron chi connectivity index (χ3n) is 8.57. The third-order valence-corrected chi connectivity index (χ3v) is 8.57. The summed E-state index contributed by atoms with van der Waals surface area (Å²) in [5, 5.41) is 2.37. The Kier molecular flexibility index (Phi) is 6.40. The lowest BCUT2D eigenvalue weighted by atomic mass is 9.86. The molecule has 0 atom stereocenters. The Morgan fingerprint density at radius 3 is 2.11 bits per heavy atom. The van der Waals surface area contributed by atoms with Crippen molar-refractivity contribution in [3.8, 4) is 23.0 Å². The van der Waals surface area contributed by atoms with Gasteiger partial charge >= 0.3 is 0 Å². The molecule has 44 heavy (non-hydrogen) atoms. The fourth-order valence-corrected chi connectivity index (χ4v) is 6.09. The van der Waals surface area contributed by atoms with Gasteiger partial charge in [0.25, 0.3) is 0 Å². The molecule has 0 saturated carbocycles. The van der Waals surface area contributed by atoms with Gasteiger partial charge in [0.15, 0.2) is 11.0 Å². The van der Waals surface area contributed by atoms with E-state index in [-0.39, 0.29) is 10.8 Å². The van der Waals surface area contributed by atoms with Crippen LogP contribution in [0.3, 0.4) is 0 Å². The maximum atomic E-state index is 6.71. The Labute approximate surface area is 259 Å². The zero-order valence-corrected chi connectivity index (χ0v) is 26.6. The van der Waals surface area contributed by atoms with Crippen molar-refractivity contribution < 1.29 is 9.30 Å². The van der Waals surface area contributed by atoms with Crippen LogP contribution in [0.15, 0.2) is 110 Å². The van der Waals surface area contributed by atoms with E-state index in [9.17, 15) is 0 Å². The predicted molar refractivity (Wildman–Crippen MR) is 181 cm³/mol. The first-order valence-electron chi connectivity index (χ1n) is 15.3. The van der Waals surface area contributed by atoms with Crippen LogP contribution in [0.2, 0.25) is 0 Å². The van der Waals surface area contributed by atoms with Crippen molar-refractivity contribution >= 4 is 32.8 Å². The molecule has 0 N–H and O–H groups in total. The Hall–Kier alpha value is -4.90. The maximum Gasteiger partial charge on any atom is 0.249 e. The molecule has 5 nitrogen and oxygen atoms in total. The predicted octanol–water partition coefficient (Wildman–Crippen LogP) is 9.33. The average molecular weight is 580 g/mol. The normalized spacial score (nSPS) is 12.4. The highest BCUT2D eigenvalue weighted by Gasteiger charge is 2.22. The minimum Gasteiger partial charge on any atom is -0.457 e. The van der Waals surface area contributed by atoms with E-state index in [1.54, 1.807) is 0 Å². The van der Waals surface area contributed by atoms with Crippen LogP contribution in [0.4, 0.5) is 0 Å². The summed E-state index contributed by atoms with van der Waals surface area (Å²) in [4.78, 5) is 4.84. The number of hydrogen-bond donors (Lipinski definition) is 0. The van der Waals surface area contributed by atoms with Crippen LogP contribution < -0.4 is 9.30 Å². The molecule has 7 rings (SSSR count). The van der Waals surface area contributed by atoms with Gasteiger partial charge in [0.1, 0.15) is 23.0 Å². The first-order chi connectivity index (χ1) is 21.0. The number of imidazole rings is 1. The molecule has 5 heteroatoms. The number of hydrogen-bond acceptors (Lipinski definition) is 2. The van der Waals surface area contributed by atoms with Crippen LogP contribution in [0.1, 0.15) is 52.7 Å². The molecule has 0 saturated heterocycles. The first kappa shape index (κ1) is 27.9. The van der Waals surface area contributed by atoms with Crippen molar-refractivity contribution in [2.24, 2.45) is 7.05 Å². The number of benzene rings is 4. The smallest absolute Gasteiger partial charge is 0.249 e. The zero-order valence-electron chi connectivity index (χ0n) is 26.6. The number of fused-ring (bicyclic) bond motifs is 4. The Balaban J connectivity index is 1.38. The van der Waals surface area contributed by atoms with E-state index in [2.05, 4.69) is 166 Å². The van der Waals surface area contributed by atoms with Gasteiger partial charge in [0.2, 0.25) is 6.33 Å². The summed E-state index contributed by atoms with van der Waals surface area (Å²) in [5.41, 5.74) is 8.02. The van der Waals surface area contributed by atoms with Gasteiger partial charge in [0, 0.05) is 29.1 Å². The van der Waals surface area contributed by atoms with Crippen LogP contribution in [-0.2, 0) is 17.9 Å². The van der Waals surface area contributed by atoms with Gasteiger partial charge in [-0.2, -0.15) is 4.57 Å². The van der Waals surface area contributed by atoms with Gasteiger partial charge < -0.3 is 4.74 Å². The van der Waals surface area contributed by atoms with E-state index in [1.165, 1.54) is 27.4 Å². The Bertz CT molecular complexity index is 2190. The monoisotopic (exact) mass is 579 g/mol. The van der Waals surface area contributed by atoms with E-state index in [0.29, 0.717) is 0 Å². The molecule has 0 amide bonds. The van der Waals surface area contributed by atoms with Gasteiger partial charge in [-0.15, -0.1) is 0 Å². The molecular weight excluding hydrogens is 540 g/mol. The fraction of sp³-hybridized carbons (Fsp3) is 0.231. The molecule has 7 aromatic rings. The molecule has 0 aliphatic heterocycles. The lowest BCUT2D eigenvalue weighted by Crippen LogP contribution is -2.25. The van der Waals surface area contributed by atoms with Crippen molar-refractivity contribution in [2.75, 3.05) is 0 Å². The highest BCUT2D eigenvalue weighted by Crippen LogP contribution is 2.37. The Morgan fingerprint density at radius 2 is 1.34 bits per heavy atom. The molecule has 3 aromatic heterocycles. The van der Waals surface area contributed by atoms with E-state index in [0.717, 1.165) is 39.6 Å². The van der Waals surface area contributed by atoms with Gasteiger partial charge in [-0.1, -0.05) is 71.9 Å². The summed E-state index contributed by atoms with van der Waals surface area (Å²) in [6, 6.07) is 34.3. The molecule has 0 bridgehead atoms. The molecule has 0 aliphatic carbocycles. The molecule has 0 unspecified atom stereocenters. The summed E-state index contributed by atoms with van der Waals surface area (Å²) in [6.07, 6.45) is 4.06. The van der Waals surface area contributed by atoms with Gasteiger partial charge in [-0.25, -0.2) is 9.55 Å². The second kappa shape index (κ2) is 10.1. The van der Waals surface area contributed by atoms with E-state index >= 15 is 0 Å². The largest absolute Gasteiger partial charge is 0.457 e. The summed E-state index contributed by atoms with van der Waals surface area (Å²) in [6.45, 7) is 13.4. The van der Waals surface area contributed by atoms with Crippen molar-refractivity contribution in [2.45, 2.75) is 52.4 Å². The highest BCUT2D eigenvalue weighted by molar-refractivity contribution is 6.09. The maximum absolute atomic E-state index is 6.71. The standard InChI is InChI=1S/C39H39N4O/c1-38(2,3)26-18-19-40-37(22-26)43-33-13-9-8-12-31(33)32-17-16-29(24-36(32)43)44-30-21-27(39(4,5)6)20-28(23-30)42-25-41(7)34-14-10-11-15-35(34)42/h8-25H,1-7H3/q+1. The van der Waals surface area contributed by atoms with E-state index < -0.39 is 0 Å². The molecule has 0 aliphatic rings. The first-order valence-corrected chi connectivity index (χ1v) is 15.3. The third kappa shape index (κ3) is 4.83. The second-order valence-electron chi connectivity index (χ2n) is 13.8. The van der Waals surface area contributed by atoms with Crippen LogP contribution in [0.5, 0.6) is 11.5 Å². The van der Waals surface area contributed by atoms with E-state index in [4.69, 9.17) is 9.72 Å². The second-order valence-corrected chi connectivity index (χ2v) is 13.8. The van der Waals surface area contributed by atoms with Crippen LogP contribution in [-0.4, -0.2) is 14.1 Å². The average Bonchev–Trinajstić information content (AvgIpc) is 3.51. The topological polar surface area (TPSA) is 35.9 Å². The fourth-order valence-electron chi connectivity index (χ4n) is 6.09. The molecule has 0 fully saturated rings. The van der Waals surface area contributed by atoms with Crippen molar-refractivity contribution in [3.63, 3.8) is 0 Å². The summed E-state index contributed by atoms with van der Waals surface area (Å²) in [5.74, 6) is 2.50. The molecule has 3 heterocycles. The molecular formula is C39H39N4O+. The van der Waals surface area contributed by atoms with Gasteiger partial charge in [-0.05, 0) is 76.6 Å². The number of aryl methyl sites for hydroxylation is 1. The SMILES string of the molecule is C[n+]1cn(-c2cc(Oc3ccc4c5ccccc5n(-c5cc(C(C)(C)C)ccn5)c4c3)cc(C(C)(C)C)c2)c2ccccc21. The molecule has 4 aromatic carbocycles. The van der Waals surface area contributed by atoms with Gasteiger partial charge in [-0.3, -0.25) is 4.57 Å². The Morgan fingerprint density at radius 1 is 0.636 bits per heavy atom. The van der Waals surface area contributed by atoms with Crippen LogP contribution in [0.25, 0.3) is 44.3 Å². The van der Waals surface area contributed by atoms with Crippen LogP contribution in [0, 0.1) is 0 Å². The highest BCUT2D eigenvalue weighted by atomic mass is 16.5. The lowest BCUT2D eigenvalue weighted by molar-refractivity contribution is -0.645. The summed E-state index contributed by atoms with van der Waals surface area (Å²) < 4.78 is 13.4. The molecule has 220 valence electrons. The zero-order chi connectivity index (χ0) is 30.8. The van der Waals surface area contributed by atoms with Crippen molar-refractivity contribution in [1.29, 1.82) is 0 Å². The quantitative estimate of drug-likeness (QED) is 0.195. The minimum atomic E-state index is -0.0562. The van der Waals surface area contributed by atoms with Gasteiger partial charge in [0.05, 0.1) is 18.1 Å². The van der Waals surface area contributed by atoms with Crippen molar-refractivity contribution in [3.05, 3.63) is 121 Å². The number of pyridine rings is 1. The number of ether oxygens (including phenoxy) is 1. The molecule has 0 radical (unpaired) electrons. The van der Waals surface area contributed by atoms with E-state index in [1.807, 2.05) is 6.20 Å². The number of aromatic nitrogens is 4. The minimum absolute atomic E-state index is 0.0165. The summed E-state index contributed by atoms with van der Waals surface area (Å²) >= 11 is 0.